The van der Waals surface area contributed by atoms with Crippen molar-refractivity contribution in [3.05, 3.63) is 109 Å². The molecule has 0 amide bonds. The molecule has 32 heavy (non-hydrogen) atoms. The summed E-state index contributed by atoms with van der Waals surface area (Å²) >= 11 is 0. The van der Waals surface area contributed by atoms with Gasteiger partial charge in [0.25, 0.3) is 0 Å². The maximum absolute atomic E-state index is 2.40. The first kappa shape index (κ1) is 16.5. The summed E-state index contributed by atoms with van der Waals surface area (Å²) in [5.41, 5.74) is 2.63. The smallest absolute Gasteiger partial charge is 0.00206 e. The van der Waals surface area contributed by atoms with Crippen molar-refractivity contribution in [3.8, 4) is 11.1 Å². The maximum atomic E-state index is 2.40. The van der Waals surface area contributed by atoms with Crippen LogP contribution in [-0.4, -0.2) is 0 Å². The zero-order valence-electron chi connectivity index (χ0n) is 17.4. The van der Waals surface area contributed by atoms with Crippen molar-refractivity contribution < 1.29 is 0 Å². The average Bonchev–Trinajstić information content (AvgIpc) is 2.86. The summed E-state index contributed by atoms with van der Waals surface area (Å²) in [4.78, 5) is 0. The molecule has 8 rings (SSSR count). The molecule has 0 aliphatic carbocycles. The molecule has 0 saturated heterocycles. The van der Waals surface area contributed by atoms with Crippen LogP contribution in [0.25, 0.3) is 75.8 Å². The number of hydrogen-bond acceptors (Lipinski definition) is 0. The molecule has 0 heterocycles. The standard InChI is InChI=1S/C32H18/c1-4-19-11-13-23-14-16-25(27-17-15-21(5-1)29(19)32(23)27)28-18-24-8-2-6-20-10-12-22-7-3-9-26(28)31(22)30(20)24/h1-18H. The number of benzene rings is 8. The zero-order chi connectivity index (χ0) is 20.8. The first-order valence-corrected chi connectivity index (χ1v) is 11.2. The van der Waals surface area contributed by atoms with E-state index in [0.29, 0.717) is 0 Å². The van der Waals surface area contributed by atoms with E-state index in [1.807, 2.05) is 0 Å². The van der Waals surface area contributed by atoms with Gasteiger partial charge >= 0.3 is 0 Å². The first-order valence-electron chi connectivity index (χ1n) is 11.2. The molecule has 0 aliphatic rings. The van der Waals surface area contributed by atoms with Crippen LogP contribution in [-0.2, 0) is 0 Å². The summed E-state index contributed by atoms with van der Waals surface area (Å²) < 4.78 is 0. The topological polar surface area (TPSA) is 0 Å². The van der Waals surface area contributed by atoms with Crippen molar-refractivity contribution in [1.82, 2.24) is 0 Å². The molecule has 146 valence electrons. The summed E-state index contributed by atoms with van der Waals surface area (Å²) in [6.07, 6.45) is 0. The van der Waals surface area contributed by atoms with Crippen LogP contribution in [0.5, 0.6) is 0 Å². The molecule has 0 aromatic heterocycles. The van der Waals surface area contributed by atoms with Crippen molar-refractivity contribution in [2.75, 3.05) is 0 Å². The summed E-state index contributed by atoms with van der Waals surface area (Å²) in [5.74, 6) is 0. The lowest BCUT2D eigenvalue weighted by Gasteiger charge is -2.18. The Morgan fingerprint density at radius 1 is 0.281 bits per heavy atom. The van der Waals surface area contributed by atoms with Crippen molar-refractivity contribution >= 4 is 64.6 Å². The molecule has 0 saturated carbocycles. The van der Waals surface area contributed by atoms with E-state index in [1.165, 1.54) is 75.8 Å². The molecule has 0 atom stereocenters. The van der Waals surface area contributed by atoms with E-state index in [1.54, 1.807) is 0 Å². The van der Waals surface area contributed by atoms with E-state index >= 15 is 0 Å². The molecular weight excluding hydrogens is 384 g/mol. The van der Waals surface area contributed by atoms with Gasteiger partial charge in [-0.3, -0.25) is 0 Å². The molecular formula is C32H18. The lowest BCUT2D eigenvalue weighted by atomic mass is 9.85. The van der Waals surface area contributed by atoms with Gasteiger partial charge in [-0.1, -0.05) is 103 Å². The Kier molecular flexibility index (Phi) is 2.97. The Balaban J connectivity index is 1.60. The van der Waals surface area contributed by atoms with Crippen LogP contribution < -0.4 is 0 Å². The van der Waals surface area contributed by atoms with Crippen LogP contribution in [0, 0.1) is 0 Å². The lowest BCUT2D eigenvalue weighted by Crippen LogP contribution is -1.90. The molecule has 8 aromatic rings. The van der Waals surface area contributed by atoms with Gasteiger partial charge in [0.1, 0.15) is 0 Å². The largest absolute Gasteiger partial charge is 0.0610 e. The van der Waals surface area contributed by atoms with Crippen LogP contribution in [0.15, 0.2) is 109 Å². The fraction of sp³-hybridized carbons (Fsp3) is 0. The Labute approximate surface area is 185 Å². The third kappa shape index (κ3) is 1.98. The highest BCUT2D eigenvalue weighted by atomic mass is 14.2. The van der Waals surface area contributed by atoms with Crippen molar-refractivity contribution in [1.29, 1.82) is 0 Å². The Morgan fingerprint density at radius 3 is 1.41 bits per heavy atom. The summed E-state index contributed by atoms with van der Waals surface area (Å²) in [7, 11) is 0. The minimum atomic E-state index is 1.31. The molecule has 0 bridgehead atoms. The van der Waals surface area contributed by atoms with Crippen molar-refractivity contribution in [2.24, 2.45) is 0 Å². The van der Waals surface area contributed by atoms with E-state index in [-0.39, 0.29) is 0 Å². The summed E-state index contributed by atoms with van der Waals surface area (Å²) in [6, 6.07) is 40.6. The highest BCUT2D eigenvalue weighted by Gasteiger charge is 2.16. The van der Waals surface area contributed by atoms with Crippen LogP contribution in [0.1, 0.15) is 0 Å². The first-order chi connectivity index (χ1) is 15.9. The van der Waals surface area contributed by atoms with Crippen LogP contribution in [0.4, 0.5) is 0 Å². The van der Waals surface area contributed by atoms with Gasteiger partial charge in [0.2, 0.25) is 0 Å². The Hall–Kier alpha value is -4.16. The molecule has 0 aliphatic heterocycles. The molecule has 0 spiro atoms. The predicted octanol–water partition coefficient (Wildman–Crippen LogP) is 9.15. The molecule has 0 N–H and O–H groups in total. The zero-order valence-corrected chi connectivity index (χ0v) is 17.4. The molecule has 0 heteroatoms. The summed E-state index contributed by atoms with van der Waals surface area (Å²) in [6.45, 7) is 0. The summed E-state index contributed by atoms with van der Waals surface area (Å²) in [5, 5.41) is 16.1. The molecule has 0 unspecified atom stereocenters. The third-order valence-corrected chi connectivity index (χ3v) is 7.33. The van der Waals surface area contributed by atoms with Gasteiger partial charge in [0.05, 0.1) is 0 Å². The lowest BCUT2D eigenvalue weighted by molar-refractivity contribution is 1.73. The van der Waals surface area contributed by atoms with Crippen LogP contribution in [0.3, 0.4) is 0 Å². The monoisotopic (exact) mass is 402 g/mol. The van der Waals surface area contributed by atoms with Gasteiger partial charge in [-0.15, -0.1) is 0 Å². The van der Waals surface area contributed by atoms with Gasteiger partial charge in [-0.2, -0.15) is 0 Å². The third-order valence-electron chi connectivity index (χ3n) is 7.33. The second-order valence-electron chi connectivity index (χ2n) is 8.94. The number of rotatable bonds is 1. The molecule has 0 nitrogen and oxygen atoms in total. The fourth-order valence-electron chi connectivity index (χ4n) is 5.95. The van der Waals surface area contributed by atoms with Gasteiger partial charge < -0.3 is 0 Å². The van der Waals surface area contributed by atoms with Crippen molar-refractivity contribution in [3.63, 3.8) is 0 Å². The second kappa shape index (κ2) is 5.75. The Morgan fingerprint density at radius 2 is 0.719 bits per heavy atom. The van der Waals surface area contributed by atoms with E-state index in [2.05, 4.69) is 109 Å². The minimum Gasteiger partial charge on any atom is -0.0610 e. The molecule has 0 radical (unpaired) electrons. The van der Waals surface area contributed by atoms with E-state index in [4.69, 9.17) is 0 Å². The SMILES string of the molecule is c1cc2ccc3ccc(-c4cc5cccc6ccc7cccc4c7c65)c4ccc(c1)c2c34. The highest BCUT2D eigenvalue weighted by molar-refractivity contribution is 6.30. The molecule has 8 aromatic carbocycles. The maximum Gasteiger partial charge on any atom is -0.00206 e. The van der Waals surface area contributed by atoms with Crippen molar-refractivity contribution in [2.45, 2.75) is 0 Å². The average molecular weight is 402 g/mol. The normalized spacial score (nSPS) is 12.4. The second-order valence-corrected chi connectivity index (χ2v) is 8.94. The van der Waals surface area contributed by atoms with E-state index in [0.717, 1.165) is 0 Å². The number of hydrogen-bond donors (Lipinski definition) is 0. The van der Waals surface area contributed by atoms with E-state index in [9.17, 15) is 0 Å². The van der Waals surface area contributed by atoms with Gasteiger partial charge in [0, 0.05) is 0 Å². The van der Waals surface area contributed by atoms with Gasteiger partial charge in [-0.05, 0) is 81.8 Å². The van der Waals surface area contributed by atoms with Gasteiger partial charge in [0.15, 0.2) is 0 Å². The molecule has 0 fully saturated rings. The fourth-order valence-corrected chi connectivity index (χ4v) is 5.95. The van der Waals surface area contributed by atoms with Crippen LogP contribution >= 0.6 is 0 Å². The van der Waals surface area contributed by atoms with E-state index < -0.39 is 0 Å². The van der Waals surface area contributed by atoms with Crippen LogP contribution in [0.2, 0.25) is 0 Å². The van der Waals surface area contributed by atoms with Gasteiger partial charge in [-0.25, -0.2) is 0 Å². The highest BCUT2D eigenvalue weighted by Crippen LogP contribution is 2.44. The predicted molar refractivity (Wildman–Crippen MR) is 139 cm³/mol. The quantitative estimate of drug-likeness (QED) is 0.240. The minimum absolute atomic E-state index is 1.31. The Bertz CT molecular complexity index is 1960.